The summed E-state index contributed by atoms with van der Waals surface area (Å²) in [5.41, 5.74) is 9.41. The number of aromatic nitrogens is 1. The Kier molecular flexibility index (Phi) is 4.77. The lowest BCUT2D eigenvalue weighted by molar-refractivity contribution is 0.0919. The summed E-state index contributed by atoms with van der Waals surface area (Å²) in [6.07, 6.45) is 0.681. The average Bonchev–Trinajstić information content (AvgIpc) is 2.69. The van der Waals surface area contributed by atoms with Gasteiger partial charge in [-0.05, 0) is 25.4 Å². The molecule has 2 rings (SSSR count). The van der Waals surface area contributed by atoms with Crippen LogP contribution in [0, 0.1) is 6.92 Å². The maximum Gasteiger partial charge on any atom is 0.269 e. The summed E-state index contributed by atoms with van der Waals surface area (Å²) in [4.78, 5) is 17.9. The lowest BCUT2D eigenvalue weighted by Gasteiger charge is -2.29. The number of hydrogen-bond donors (Lipinski definition) is 3. The van der Waals surface area contributed by atoms with Crippen LogP contribution >= 0.6 is 23.2 Å². The van der Waals surface area contributed by atoms with Gasteiger partial charge in [-0.3, -0.25) is 4.79 Å². The molecule has 20 heavy (non-hydrogen) atoms. The Balaban J connectivity index is 2.13. The first-order valence-electron chi connectivity index (χ1n) is 6.14. The van der Waals surface area contributed by atoms with Crippen LogP contribution in [0.1, 0.15) is 22.6 Å². The van der Waals surface area contributed by atoms with Crippen LogP contribution in [0.4, 0.5) is 0 Å². The normalized spacial score (nSPS) is 22.1. The number of piperidine rings is 1. The molecule has 0 bridgehead atoms. The van der Waals surface area contributed by atoms with Gasteiger partial charge in [0.15, 0.2) is 0 Å². The third-order valence-corrected chi connectivity index (χ3v) is 4.19. The summed E-state index contributed by atoms with van der Waals surface area (Å²) in [5, 5.41) is 10.2. The number of hydrogen-bond acceptors (Lipinski definition) is 3. The van der Waals surface area contributed by atoms with E-state index < -0.39 is 0 Å². The summed E-state index contributed by atoms with van der Waals surface area (Å²) >= 11 is 11.9. The minimum atomic E-state index is -0.352. The van der Waals surface area contributed by atoms with E-state index in [1.807, 2.05) is 0 Å². The molecule has 1 fully saturated rings. The maximum atomic E-state index is 12.2. The molecule has 0 aromatic carbocycles. The lowest BCUT2D eigenvalue weighted by atomic mass is 10.0. The van der Waals surface area contributed by atoms with Gasteiger partial charge < -0.3 is 15.6 Å². The van der Waals surface area contributed by atoms with Crippen LogP contribution in [0.3, 0.4) is 0 Å². The Morgan fingerprint density at radius 1 is 1.50 bits per heavy atom. The van der Waals surface area contributed by atoms with Gasteiger partial charge in [0, 0.05) is 23.2 Å². The number of nitrogens with zero attached hydrogens (tertiary/aromatic N) is 3. The second-order valence-electron chi connectivity index (χ2n) is 4.60. The molecule has 3 N–H and O–H groups in total. The highest BCUT2D eigenvalue weighted by Crippen LogP contribution is 2.29. The highest BCUT2D eigenvalue weighted by atomic mass is 35.5. The number of azide groups is 1. The molecule has 1 aliphatic rings. The van der Waals surface area contributed by atoms with E-state index in [0.29, 0.717) is 23.7 Å². The lowest BCUT2D eigenvalue weighted by Crippen LogP contribution is -2.51. The second-order valence-corrected chi connectivity index (χ2v) is 5.35. The van der Waals surface area contributed by atoms with Crippen molar-refractivity contribution in [1.82, 2.24) is 15.6 Å². The van der Waals surface area contributed by atoms with Crippen molar-refractivity contribution in [3.63, 3.8) is 0 Å². The Morgan fingerprint density at radius 3 is 2.85 bits per heavy atom. The number of halogens is 2. The van der Waals surface area contributed by atoms with Crippen molar-refractivity contribution in [1.29, 1.82) is 0 Å². The van der Waals surface area contributed by atoms with Gasteiger partial charge in [-0.25, -0.2) is 0 Å². The Bertz CT molecular complexity index is 566. The molecule has 1 amide bonds. The molecule has 0 spiro atoms. The maximum absolute atomic E-state index is 12.2. The van der Waals surface area contributed by atoms with E-state index in [4.69, 9.17) is 28.7 Å². The standard InChI is InChI=1S/C11H14Cl2N6O/c1-5-8(12)9(13)10(16-5)11(20)17-6-2-3-15-4-7(6)18-19-14/h6-7,15-16H,2-4H2,1H3,(H,17,20)/t6-,7+/m0/s1. The molecule has 1 aromatic heterocycles. The summed E-state index contributed by atoms with van der Waals surface area (Å²) in [7, 11) is 0. The monoisotopic (exact) mass is 316 g/mol. The fourth-order valence-corrected chi connectivity index (χ4v) is 2.58. The van der Waals surface area contributed by atoms with E-state index in [9.17, 15) is 4.79 Å². The van der Waals surface area contributed by atoms with Gasteiger partial charge in [0.25, 0.3) is 5.91 Å². The first kappa shape index (κ1) is 15.0. The Hall–Kier alpha value is -1.40. The second kappa shape index (κ2) is 6.37. The number of aromatic amines is 1. The van der Waals surface area contributed by atoms with Crippen LogP contribution in [0.15, 0.2) is 5.11 Å². The third-order valence-electron chi connectivity index (χ3n) is 3.25. The zero-order chi connectivity index (χ0) is 14.7. The van der Waals surface area contributed by atoms with Crippen molar-refractivity contribution < 1.29 is 4.79 Å². The zero-order valence-electron chi connectivity index (χ0n) is 10.8. The highest BCUT2D eigenvalue weighted by molar-refractivity contribution is 6.44. The summed E-state index contributed by atoms with van der Waals surface area (Å²) in [5.74, 6) is -0.352. The molecule has 9 heteroatoms. The van der Waals surface area contributed by atoms with E-state index in [0.717, 1.165) is 6.54 Å². The number of H-pyrrole nitrogens is 1. The van der Waals surface area contributed by atoms with Crippen molar-refractivity contribution in [2.24, 2.45) is 5.11 Å². The number of nitrogens with one attached hydrogen (secondary N) is 3. The minimum absolute atomic E-state index is 0.205. The van der Waals surface area contributed by atoms with Crippen LogP contribution in [0.2, 0.25) is 10.0 Å². The zero-order valence-corrected chi connectivity index (χ0v) is 12.3. The van der Waals surface area contributed by atoms with Crippen molar-refractivity contribution in [3.05, 3.63) is 31.9 Å². The van der Waals surface area contributed by atoms with Crippen LogP contribution in [-0.4, -0.2) is 36.1 Å². The molecule has 2 atom stereocenters. The van der Waals surface area contributed by atoms with Gasteiger partial charge in [0.05, 0.1) is 16.1 Å². The number of amides is 1. The average molecular weight is 317 g/mol. The minimum Gasteiger partial charge on any atom is -0.352 e. The summed E-state index contributed by atoms with van der Waals surface area (Å²) in [6, 6.07) is -0.541. The molecule has 2 heterocycles. The number of aryl methyl sites for hydroxylation is 1. The number of rotatable bonds is 3. The fraction of sp³-hybridized carbons (Fsp3) is 0.545. The molecular formula is C11H14Cl2N6O. The molecule has 1 saturated heterocycles. The molecule has 108 valence electrons. The van der Waals surface area contributed by atoms with E-state index in [1.165, 1.54) is 0 Å². The summed E-state index contributed by atoms with van der Waals surface area (Å²) < 4.78 is 0. The van der Waals surface area contributed by atoms with Gasteiger partial charge in [-0.2, -0.15) is 0 Å². The largest absolute Gasteiger partial charge is 0.352 e. The predicted octanol–water partition coefficient (Wildman–Crippen LogP) is 2.40. The van der Waals surface area contributed by atoms with Gasteiger partial charge >= 0.3 is 0 Å². The van der Waals surface area contributed by atoms with Gasteiger partial charge in [-0.15, -0.1) is 0 Å². The third kappa shape index (κ3) is 3.02. The topological polar surface area (TPSA) is 106 Å². The van der Waals surface area contributed by atoms with E-state index >= 15 is 0 Å². The van der Waals surface area contributed by atoms with Crippen molar-refractivity contribution >= 4 is 29.1 Å². The number of carbonyl (C=O) groups is 1. The van der Waals surface area contributed by atoms with E-state index in [1.54, 1.807) is 6.92 Å². The molecule has 0 saturated carbocycles. The van der Waals surface area contributed by atoms with Crippen molar-refractivity contribution in [3.8, 4) is 0 Å². The van der Waals surface area contributed by atoms with Gasteiger partial charge in [0.1, 0.15) is 5.69 Å². The van der Waals surface area contributed by atoms with Crippen LogP contribution in [0.25, 0.3) is 10.4 Å². The van der Waals surface area contributed by atoms with Crippen LogP contribution in [-0.2, 0) is 0 Å². The Labute approximate surface area is 125 Å². The van der Waals surface area contributed by atoms with Gasteiger partial charge in [0.2, 0.25) is 0 Å². The Morgan fingerprint density at radius 2 is 2.25 bits per heavy atom. The number of carbonyl (C=O) groups excluding carboxylic acids is 1. The molecule has 0 radical (unpaired) electrons. The van der Waals surface area contributed by atoms with Crippen LogP contribution in [0.5, 0.6) is 0 Å². The van der Waals surface area contributed by atoms with E-state index in [2.05, 4.69) is 25.6 Å². The summed E-state index contributed by atoms with van der Waals surface area (Å²) in [6.45, 7) is 3.02. The predicted molar refractivity (Wildman–Crippen MR) is 77.2 cm³/mol. The highest BCUT2D eigenvalue weighted by Gasteiger charge is 2.27. The van der Waals surface area contributed by atoms with E-state index in [-0.39, 0.29) is 28.7 Å². The molecule has 0 unspecified atom stereocenters. The molecule has 7 nitrogen and oxygen atoms in total. The van der Waals surface area contributed by atoms with Gasteiger partial charge in [-0.1, -0.05) is 28.3 Å². The van der Waals surface area contributed by atoms with Crippen LogP contribution < -0.4 is 10.6 Å². The smallest absolute Gasteiger partial charge is 0.269 e. The molecular weight excluding hydrogens is 303 g/mol. The molecule has 1 aromatic rings. The molecule has 0 aliphatic carbocycles. The molecule has 1 aliphatic heterocycles. The quantitative estimate of drug-likeness (QED) is 0.452. The first-order valence-corrected chi connectivity index (χ1v) is 6.89. The first-order chi connectivity index (χ1) is 9.54. The fourth-order valence-electron chi connectivity index (χ4n) is 2.17. The van der Waals surface area contributed by atoms with Crippen molar-refractivity contribution in [2.75, 3.05) is 13.1 Å². The SMILES string of the molecule is Cc1[nH]c(C(=O)N[C@H]2CCNC[C@H]2N=[N+]=[N-])c(Cl)c1Cl. The van der Waals surface area contributed by atoms with Crippen molar-refractivity contribution in [2.45, 2.75) is 25.4 Å².